The van der Waals surface area contributed by atoms with Gasteiger partial charge in [-0.15, -0.1) is 11.3 Å². The van der Waals surface area contributed by atoms with Gasteiger partial charge in [-0.25, -0.2) is 9.78 Å². The first-order chi connectivity index (χ1) is 17.5. The van der Waals surface area contributed by atoms with Gasteiger partial charge in [0, 0.05) is 22.1 Å². The molecule has 5 rings (SSSR count). The number of hydrogen-bond acceptors (Lipinski definition) is 6. The van der Waals surface area contributed by atoms with Gasteiger partial charge in [-0.2, -0.15) is 0 Å². The summed E-state index contributed by atoms with van der Waals surface area (Å²) in [6.07, 6.45) is 4.63. The number of aromatic nitrogens is 1. The fraction of sp³-hybridized carbons (Fsp3) is 0.429. The molecule has 0 bridgehead atoms. The van der Waals surface area contributed by atoms with Crippen LogP contribution in [0.15, 0.2) is 48.5 Å². The molecule has 2 fully saturated rings. The van der Waals surface area contributed by atoms with Crippen LogP contribution in [0.5, 0.6) is 0 Å². The molecule has 2 aromatic carbocycles. The van der Waals surface area contributed by atoms with Gasteiger partial charge >= 0.3 is 5.97 Å². The Morgan fingerprint density at radius 3 is 2.67 bits per heavy atom. The normalized spacial score (nSPS) is 18.6. The number of carbonyl (C=O) groups excluding carboxylic acids is 1. The molecule has 36 heavy (non-hydrogen) atoms. The van der Waals surface area contributed by atoms with Crippen LogP contribution >= 0.6 is 34.5 Å². The minimum absolute atomic E-state index is 0.162. The predicted molar refractivity (Wildman–Crippen MR) is 146 cm³/mol. The summed E-state index contributed by atoms with van der Waals surface area (Å²) in [6, 6.07) is 16.2. The second-order valence-electron chi connectivity index (χ2n) is 9.43. The second-order valence-corrected chi connectivity index (χ2v) is 11.5. The van der Waals surface area contributed by atoms with Crippen molar-refractivity contribution in [3.8, 4) is 11.3 Å². The van der Waals surface area contributed by atoms with Crippen molar-refractivity contribution in [3.05, 3.63) is 69.0 Å². The summed E-state index contributed by atoms with van der Waals surface area (Å²) < 4.78 is 11.3. The number of ether oxygens (including phenoxy) is 2. The highest BCUT2D eigenvalue weighted by Gasteiger charge is 2.38. The molecule has 2 aliphatic rings. The van der Waals surface area contributed by atoms with E-state index in [9.17, 15) is 4.79 Å². The topological polar surface area (TPSA) is 51.7 Å². The third kappa shape index (κ3) is 5.88. The number of hydrogen-bond donors (Lipinski definition) is 0. The van der Waals surface area contributed by atoms with Gasteiger partial charge in [-0.3, -0.25) is 0 Å². The lowest BCUT2D eigenvalue weighted by Crippen LogP contribution is -2.36. The number of anilines is 1. The predicted octanol–water partition coefficient (Wildman–Crippen LogP) is 7.50. The van der Waals surface area contributed by atoms with E-state index in [-0.39, 0.29) is 18.6 Å². The highest BCUT2D eigenvalue weighted by Crippen LogP contribution is 2.47. The maximum Gasteiger partial charge on any atom is 0.335 e. The quantitative estimate of drug-likeness (QED) is 0.261. The highest BCUT2D eigenvalue weighted by atomic mass is 35.5. The molecule has 1 aliphatic heterocycles. The van der Waals surface area contributed by atoms with E-state index < -0.39 is 6.10 Å². The SMILES string of the molecule is Cc1sc(N(CCOC(=O)C2CCCCO2)C(c2ccccc2)C2CC2)nc1-c1ccc(Cl)cc1Cl. The van der Waals surface area contributed by atoms with Gasteiger partial charge in [-0.1, -0.05) is 53.5 Å². The number of benzene rings is 2. The average Bonchev–Trinajstić information content (AvgIpc) is 3.65. The minimum Gasteiger partial charge on any atom is -0.462 e. The number of esters is 1. The average molecular weight is 546 g/mol. The van der Waals surface area contributed by atoms with Crippen LogP contribution in [-0.4, -0.2) is 36.8 Å². The molecule has 8 heteroatoms. The largest absolute Gasteiger partial charge is 0.462 e. The van der Waals surface area contributed by atoms with Gasteiger partial charge in [0.25, 0.3) is 0 Å². The van der Waals surface area contributed by atoms with Crippen LogP contribution in [0.1, 0.15) is 48.6 Å². The molecule has 1 saturated carbocycles. The van der Waals surface area contributed by atoms with Crippen LogP contribution in [0.2, 0.25) is 10.0 Å². The number of halogens is 2. The molecule has 1 saturated heterocycles. The van der Waals surface area contributed by atoms with Crippen molar-refractivity contribution in [3.63, 3.8) is 0 Å². The summed E-state index contributed by atoms with van der Waals surface area (Å²) >= 11 is 14.3. The number of carbonyl (C=O) groups is 1. The lowest BCUT2D eigenvalue weighted by Gasteiger charge is -2.32. The Morgan fingerprint density at radius 2 is 1.97 bits per heavy atom. The molecule has 2 atom stereocenters. The van der Waals surface area contributed by atoms with Crippen molar-refractivity contribution in [2.24, 2.45) is 5.92 Å². The van der Waals surface area contributed by atoms with Gasteiger partial charge in [-0.05, 0) is 68.7 Å². The Balaban J connectivity index is 1.42. The molecule has 0 spiro atoms. The van der Waals surface area contributed by atoms with E-state index >= 15 is 0 Å². The van der Waals surface area contributed by atoms with Crippen molar-refractivity contribution in [1.29, 1.82) is 0 Å². The maximum absolute atomic E-state index is 12.6. The smallest absolute Gasteiger partial charge is 0.335 e. The van der Waals surface area contributed by atoms with Crippen LogP contribution in [0.3, 0.4) is 0 Å². The molecule has 0 radical (unpaired) electrons. The summed E-state index contributed by atoms with van der Waals surface area (Å²) in [5.41, 5.74) is 2.97. The summed E-state index contributed by atoms with van der Waals surface area (Å²) in [6.45, 7) is 3.52. The number of nitrogens with zero attached hydrogens (tertiary/aromatic N) is 2. The van der Waals surface area contributed by atoms with Gasteiger partial charge in [0.15, 0.2) is 11.2 Å². The first-order valence-corrected chi connectivity index (χ1v) is 14.1. The Kier molecular flexibility index (Phi) is 8.16. The molecule has 1 aromatic heterocycles. The Bertz CT molecular complexity index is 1190. The third-order valence-electron chi connectivity index (χ3n) is 6.78. The first kappa shape index (κ1) is 25.5. The van der Waals surface area contributed by atoms with E-state index in [0.29, 0.717) is 29.1 Å². The van der Waals surface area contributed by atoms with E-state index in [1.54, 1.807) is 17.4 Å². The number of aryl methyl sites for hydroxylation is 1. The zero-order valence-corrected chi connectivity index (χ0v) is 22.6. The van der Waals surface area contributed by atoms with Gasteiger partial charge in [0.05, 0.1) is 23.3 Å². The van der Waals surface area contributed by atoms with E-state index in [0.717, 1.165) is 40.5 Å². The van der Waals surface area contributed by atoms with Crippen molar-refractivity contribution in [2.45, 2.75) is 51.2 Å². The molecule has 3 aromatic rings. The lowest BCUT2D eigenvalue weighted by atomic mass is 10.0. The first-order valence-electron chi connectivity index (χ1n) is 12.5. The van der Waals surface area contributed by atoms with Crippen LogP contribution < -0.4 is 4.90 Å². The second kappa shape index (κ2) is 11.5. The molecular weight excluding hydrogens is 515 g/mol. The van der Waals surface area contributed by atoms with Crippen LogP contribution in [0.4, 0.5) is 5.13 Å². The van der Waals surface area contributed by atoms with Crippen molar-refractivity contribution in [1.82, 2.24) is 4.98 Å². The summed E-state index contributed by atoms with van der Waals surface area (Å²) in [4.78, 5) is 21.1. The molecule has 1 aliphatic carbocycles. The van der Waals surface area contributed by atoms with Crippen molar-refractivity contribution >= 4 is 45.6 Å². The molecule has 2 unspecified atom stereocenters. The van der Waals surface area contributed by atoms with Gasteiger partial charge < -0.3 is 14.4 Å². The molecule has 0 N–H and O–H groups in total. The molecule has 2 heterocycles. The lowest BCUT2D eigenvalue weighted by molar-refractivity contribution is -0.159. The number of rotatable bonds is 9. The Hall–Kier alpha value is -2.12. The fourth-order valence-electron chi connectivity index (χ4n) is 4.82. The molecule has 190 valence electrons. The Morgan fingerprint density at radius 1 is 1.17 bits per heavy atom. The fourth-order valence-corrected chi connectivity index (χ4v) is 6.31. The maximum atomic E-state index is 12.6. The van der Waals surface area contributed by atoms with Gasteiger partial charge in [0.1, 0.15) is 6.61 Å². The highest BCUT2D eigenvalue weighted by molar-refractivity contribution is 7.16. The van der Waals surface area contributed by atoms with E-state index in [1.807, 2.05) is 18.2 Å². The molecule has 0 amide bonds. The summed E-state index contributed by atoms with van der Waals surface area (Å²) in [5, 5.41) is 2.08. The van der Waals surface area contributed by atoms with E-state index in [2.05, 4.69) is 36.1 Å². The Labute approximate surface area is 226 Å². The standard InChI is InChI=1S/C28H30Cl2N2O3S/c1-18-25(22-13-12-21(29)17-23(22)30)31-28(36-18)32(14-16-35-27(33)24-9-5-6-15-34-24)26(20-10-11-20)19-7-3-2-4-8-19/h2-4,7-8,12-13,17,20,24,26H,5-6,9-11,14-16H2,1H3. The van der Waals surface area contributed by atoms with E-state index in [1.165, 1.54) is 18.4 Å². The number of thiazole rings is 1. The summed E-state index contributed by atoms with van der Waals surface area (Å²) in [5.74, 6) is 0.276. The minimum atomic E-state index is -0.443. The summed E-state index contributed by atoms with van der Waals surface area (Å²) in [7, 11) is 0. The van der Waals surface area contributed by atoms with Crippen LogP contribution in [-0.2, 0) is 14.3 Å². The van der Waals surface area contributed by atoms with E-state index in [4.69, 9.17) is 37.7 Å². The van der Waals surface area contributed by atoms with Crippen LogP contribution in [0.25, 0.3) is 11.3 Å². The van der Waals surface area contributed by atoms with Crippen molar-refractivity contribution in [2.75, 3.05) is 24.7 Å². The zero-order valence-electron chi connectivity index (χ0n) is 20.3. The molecule has 5 nitrogen and oxygen atoms in total. The zero-order chi connectivity index (χ0) is 25.1. The monoisotopic (exact) mass is 544 g/mol. The van der Waals surface area contributed by atoms with Crippen molar-refractivity contribution < 1.29 is 14.3 Å². The third-order valence-corrected chi connectivity index (χ3v) is 8.34. The molecular formula is C28H30Cl2N2O3S. The van der Waals surface area contributed by atoms with Crippen LogP contribution in [0, 0.1) is 12.8 Å². The van der Waals surface area contributed by atoms with Gasteiger partial charge in [0.2, 0.25) is 0 Å².